The SMILES string of the molecule is C1=CC(c2cncc3ccccc23)CCC1Cc1ccc2c(ccc3c4ccccc4ccc23)c1. The van der Waals surface area contributed by atoms with Crippen LogP contribution in [-0.2, 0) is 6.42 Å². The molecule has 5 aromatic carbocycles. The predicted molar refractivity (Wildman–Crippen MR) is 149 cm³/mol. The van der Waals surface area contributed by atoms with E-state index >= 15 is 0 Å². The summed E-state index contributed by atoms with van der Waals surface area (Å²) in [5.74, 6) is 1.05. The van der Waals surface area contributed by atoms with Gasteiger partial charge in [0.1, 0.15) is 0 Å². The lowest BCUT2D eigenvalue weighted by Crippen LogP contribution is -2.10. The maximum atomic E-state index is 4.51. The average molecular weight is 450 g/mol. The van der Waals surface area contributed by atoms with E-state index < -0.39 is 0 Å². The first-order valence-corrected chi connectivity index (χ1v) is 12.7. The minimum atomic E-state index is 0.461. The average Bonchev–Trinajstić information content (AvgIpc) is 2.93. The van der Waals surface area contributed by atoms with Crippen molar-refractivity contribution in [2.24, 2.45) is 5.92 Å². The first-order valence-electron chi connectivity index (χ1n) is 12.7. The monoisotopic (exact) mass is 449 g/mol. The lowest BCUT2D eigenvalue weighted by Gasteiger charge is -2.24. The van der Waals surface area contributed by atoms with Gasteiger partial charge in [-0.2, -0.15) is 0 Å². The number of hydrogen-bond acceptors (Lipinski definition) is 1. The molecule has 0 aliphatic heterocycles. The Morgan fingerprint density at radius 1 is 0.571 bits per heavy atom. The number of pyridine rings is 1. The lowest BCUT2D eigenvalue weighted by molar-refractivity contribution is 0.510. The molecule has 168 valence electrons. The molecule has 1 aliphatic rings. The van der Waals surface area contributed by atoms with Gasteiger partial charge < -0.3 is 0 Å². The summed E-state index contributed by atoms with van der Waals surface area (Å²) in [6.45, 7) is 0. The Bertz CT molecular complexity index is 1740. The molecule has 0 saturated heterocycles. The molecule has 1 heterocycles. The quantitative estimate of drug-likeness (QED) is 0.194. The van der Waals surface area contributed by atoms with Crippen molar-refractivity contribution in [3.05, 3.63) is 127 Å². The van der Waals surface area contributed by atoms with Crippen LogP contribution in [0, 0.1) is 5.92 Å². The van der Waals surface area contributed by atoms with Gasteiger partial charge in [0.05, 0.1) is 0 Å². The smallest absolute Gasteiger partial charge is 0.0346 e. The molecule has 0 bridgehead atoms. The van der Waals surface area contributed by atoms with Gasteiger partial charge in [0.25, 0.3) is 0 Å². The maximum absolute atomic E-state index is 4.51. The zero-order chi connectivity index (χ0) is 23.2. The maximum Gasteiger partial charge on any atom is 0.0346 e. The summed E-state index contributed by atoms with van der Waals surface area (Å²) in [7, 11) is 0. The Labute approximate surface area is 205 Å². The van der Waals surface area contributed by atoms with Crippen LogP contribution in [-0.4, -0.2) is 4.98 Å². The van der Waals surface area contributed by atoms with E-state index in [1.165, 1.54) is 67.1 Å². The molecule has 2 unspecified atom stereocenters. The molecular formula is C34H27N. The summed E-state index contributed by atoms with van der Waals surface area (Å²) in [4.78, 5) is 4.51. The topological polar surface area (TPSA) is 12.9 Å². The third-order valence-corrected chi connectivity index (χ3v) is 7.87. The van der Waals surface area contributed by atoms with E-state index in [0.29, 0.717) is 11.8 Å². The van der Waals surface area contributed by atoms with Crippen LogP contribution in [0.3, 0.4) is 0 Å². The predicted octanol–water partition coefficient (Wildman–Crippen LogP) is 8.99. The molecule has 7 rings (SSSR count). The first kappa shape index (κ1) is 20.4. The highest BCUT2D eigenvalue weighted by molar-refractivity contribution is 6.17. The minimum absolute atomic E-state index is 0.461. The van der Waals surface area contributed by atoms with Gasteiger partial charge in [-0.3, -0.25) is 4.98 Å². The van der Waals surface area contributed by atoms with E-state index in [1.54, 1.807) is 0 Å². The van der Waals surface area contributed by atoms with Crippen LogP contribution in [0.2, 0.25) is 0 Å². The summed E-state index contributed by atoms with van der Waals surface area (Å²) < 4.78 is 0. The molecule has 0 saturated carbocycles. The fraction of sp³-hybridized carbons (Fsp3) is 0.147. The molecule has 1 aromatic heterocycles. The molecule has 0 spiro atoms. The second-order valence-corrected chi connectivity index (χ2v) is 9.99. The molecule has 1 nitrogen and oxygen atoms in total. The standard InChI is InChI=1S/C34H27N/c1-3-7-29-25(5-1)14-17-33-31-16-11-24(20-27(31)15-18-32(29)33)19-23-9-12-26(13-10-23)34-22-35-21-28-6-2-4-8-30(28)34/h1-9,11-12,14-18,20-23,26H,10,13,19H2. The van der Waals surface area contributed by atoms with Crippen LogP contribution in [0.25, 0.3) is 43.1 Å². The second kappa shape index (κ2) is 8.36. The number of hydrogen-bond donors (Lipinski definition) is 0. The van der Waals surface area contributed by atoms with E-state index in [0.717, 1.165) is 6.42 Å². The fourth-order valence-electron chi connectivity index (χ4n) is 6.05. The van der Waals surface area contributed by atoms with Gasteiger partial charge in [-0.25, -0.2) is 0 Å². The van der Waals surface area contributed by atoms with Crippen molar-refractivity contribution >= 4 is 43.1 Å². The molecular weight excluding hydrogens is 422 g/mol. The number of fused-ring (bicyclic) bond motifs is 6. The van der Waals surface area contributed by atoms with Crippen LogP contribution in [0.1, 0.15) is 29.9 Å². The highest BCUT2D eigenvalue weighted by atomic mass is 14.6. The minimum Gasteiger partial charge on any atom is -0.264 e. The van der Waals surface area contributed by atoms with Crippen LogP contribution in [0.4, 0.5) is 0 Å². The number of benzene rings is 5. The molecule has 1 aliphatic carbocycles. The Morgan fingerprint density at radius 2 is 1.29 bits per heavy atom. The van der Waals surface area contributed by atoms with E-state index in [-0.39, 0.29) is 0 Å². The molecule has 0 amide bonds. The van der Waals surface area contributed by atoms with Crippen LogP contribution in [0.5, 0.6) is 0 Å². The van der Waals surface area contributed by atoms with Crippen molar-refractivity contribution in [2.45, 2.75) is 25.2 Å². The van der Waals surface area contributed by atoms with Gasteiger partial charge in [0.15, 0.2) is 0 Å². The van der Waals surface area contributed by atoms with Gasteiger partial charge >= 0.3 is 0 Å². The zero-order valence-electron chi connectivity index (χ0n) is 19.7. The highest BCUT2D eigenvalue weighted by Crippen LogP contribution is 2.36. The Balaban J connectivity index is 1.16. The summed E-state index contributed by atoms with van der Waals surface area (Å²) in [5.41, 5.74) is 2.79. The third kappa shape index (κ3) is 3.59. The van der Waals surface area contributed by atoms with Gasteiger partial charge in [-0.15, -0.1) is 0 Å². The highest BCUT2D eigenvalue weighted by Gasteiger charge is 2.19. The number of rotatable bonds is 3. The molecule has 1 heteroatoms. The number of allylic oxidation sites excluding steroid dienone is 2. The van der Waals surface area contributed by atoms with Crippen molar-refractivity contribution < 1.29 is 0 Å². The van der Waals surface area contributed by atoms with Gasteiger partial charge in [0, 0.05) is 23.7 Å². The Hall–Kier alpha value is -3.97. The zero-order valence-corrected chi connectivity index (χ0v) is 19.7. The van der Waals surface area contributed by atoms with E-state index in [1.807, 2.05) is 6.20 Å². The largest absolute Gasteiger partial charge is 0.264 e. The van der Waals surface area contributed by atoms with Crippen molar-refractivity contribution in [3.8, 4) is 0 Å². The Kier molecular flexibility index (Phi) is 4.87. The molecule has 6 aromatic rings. The van der Waals surface area contributed by atoms with Gasteiger partial charge in [-0.05, 0) is 74.0 Å². The normalized spacial score (nSPS) is 18.1. The number of nitrogens with zero attached hydrogens (tertiary/aromatic N) is 1. The molecule has 35 heavy (non-hydrogen) atoms. The van der Waals surface area contributed by atoms with Crippen molar-refractivity contribution in [1.82, 2.24) is 4.98 Å². The molecule has 0 fully saturated rings. The van der Waals surface area contributed by atoms with E-state index in [9.17, 15) is 0 Å². The van der Waals surface area contributed by atoms with Crippen molar-refractivity contribution in [2.75, 3.05) is 0 Å². The lowest BCUT2D eigenvalue weighted by atomic mass is 9.81. The third-order valence-electron chi connectivity index (χ3n) is 7.87. The number of aromatic nitrogens is 1. The van der Waals surface area contributed by atoms with Crippen LogP contribution in [0.15, 0.2) is 116 Å². The van der Waals surface area contributed by atoms with E-state index in [4.69, 9.17) is 0 Å². The molecule has 0 N–H and O–H groups in total. The Morgan fingerprint density at radius 3 is 2.11 bits per heavy atom. The molecule has 2 atom stereocenters. The van der Waals surface area contributed by atoms with Crippen molar-refractivity contribution in [1.29, 1.82) is 0 Å². The molecule has 0 radical (unpaired) electrons. The summed E-state index contributed by atoms with van der Waals surface area (Å²) >= 11 is 0. The summed E-state index contributed by atoms with van der Waals surface area (Å²) in [5, 5.41) is 10.6. The van der Waals surface area contributed by atoms with E-state index in [2.05, 4.69) is 114 Å². The first-order chi connectivity index (χ1) is 17.3. The van der Waals surface area contributed by atoms with Crippen molar-refractivity contribution in [3.63, 3.8) is 0 Å². The fourth-order valence-corrected chi connectivity index (χ4v) is 6.05. The van der Waals surface area contributed by atoms with Crippen LogP contribution < -0.4 is 0 Å². The van der Waals surface area contributed by atoms with Crippen LogP contribution >= 0.6 is 0 Å². The summed E-state index contributed by atoms with van der Waals surface area (Å²) in [6, 6.07) is 33.5. The van der Waals surface area contributed by atoms with Gasteiger partial charge in [-0.1, -0.05) is 103 Å². The van der Waals surface area contributed by atoms with Gasteiger partial charge in [0.2, 0.25) is 0 Å². The summed E-state index contributed by atoms with van der Waals surface area (Å²) in [6.07, 6.45) is 12.4. The second-order valence-electron chi connectivity index (χ2n) is 9.99.